The molecule has 0 radical (unpaired) electrons. The summed E-state index contributed by atoms with van der Waals surface area (Å²) >= 11 is 3.46. The average Bonchev–Trinajstić information content (AvgIpc) is 2.18. The van der Waals surface area contributed by atoms with Crippen LogP contribution in [-0.4, -0.2) is 19.5 Å². The lowest BCUT2D eigenvalue weighted by Crippen LogP contribution is -2.34. The number of hydrogen-bond acceptors (Lipinski definition) is 2. The number of likely N-dealkylation sites (N-methyl/N-ethyl adjacent to an activating group) is 1. The van der Waals surface area contributed by atoms with Crippen LogP contribution >= 0.6 is 15.9 Å². The fraction of sp³-hybridized carbons (Fsp3) is 0.364. The lowest BCUT2D eigenvalue weighted by Gasteiger charge is -2.15. The Morgan fingerprint density at radius 3 is 2.73 bits per heavy atom. The Morgan fingerprint density at radius 2 is 2.13 bits per heavy atom. The zero-order valence-electron chi connectivity index (χ0n) is 8.88. The first-order chi connectivity index (χ1) is 7.15. The van der Waals surface area contributed by atoms with Crippen molar-refractivity contribution in [2.24, 2.45) is 0 Å². The van der Waals surface area contributed by atoms with Crippen LogP contribution in [0.4, 0.5) is 0 Å². The fourth-order valence-electron chi connectivity index (χ4n) is 1.36. The molecule has 15 heavy (non-hydrogen) atoms. The summed E-state index contributed by atoms with van der Waals surface area (Å²) in [6.07, 6.45) is 0. The SMILES string of the molecule is CNCC(=O)NC(C)c1ccccc1Br. The maximum absolute atomic E-state index is 11.3. The van der Waals surface area contributed by atoms with Gasteiger partial charge in [0.15, 0.2) is 0 Å². The molecule has 82 valence electrons. The largest absolute Gasteiger partial charge is 0.348 e. The smallest absolute Gasteiger partial charge is 0.234 e. The van der Waals surface area contributed by atoms with Crippen LogP contribution in [0.3, 0.4) is 0 Å². The normalized spacial score (nSPS) is 12.2. The van der Waals surface area contributed by atoms with E-state index in [1.807, 2.05) is 31.2 Å². The van der Waals surface area contributed by atoms with E-state index in [-0.39, 0.29) is 11.9 Å². The summed E-state index contributed by atoms with van der Waals surface area (Å²) in [5, 5.41) is 5.72. The molecular weight excluding hydrogens is 256 g/mol. The topological polar surface area (TPSA) is 41.1 Å². The molecule has 3 nitrogen and oxygen atoms in total. The van der Waals surface area contributed by atoms with Crippen LogP contribution in [0.1, 0.15) is 18.5 Å². The highest BCUT2D eigenvalue weighted by atomic mass is 79.9. The van der Waals surface area contributed by atoms with Crippen molar-refractivity contribution in [3.8, 4) is 0 Å². The van der Waals surface area contributed by atoms with Crippen molar-refractivity contribution >= 4 is 21.8 Å². The van der Waals surface area contributed by atoms with Crippen LogP contribution in [0.25, 0.3) is 0 Å². The second-order valence-corrected chi connectivity index (χ2v) is 4.20. The van der Waals surface area contributed by atoms with E-state index in [4.69, 9.17) is 0 Å². The van der Waals surface area contributed by atoms with Crippen LogP contribution in [0.15, 0.2) is 28.7 Å². The monoisotopic (exact) mass is 270 g/mol. The Labute approximate surface area is 98.4 Å². The second kappa shape index (κ2) is 5.88. The number of nitrogens with one attached hydrogen (secondary N) is 2. The summed E-state index contributed by atoms with van der Waals surface area (Å²) in [5.74, 6) is 0.000697. The zero-order chi connectivity index (χ0) is 11.3. The van der Waals surface area contributed by atoms with Crippen molar-refractivity contribution in [3.63, 3.8) is 0 Å². The molecule has 1 rings (SSSR count). The Hall–Kier alpha value is -0.870. The standard InChI is InChI=1S/C11H15BrN2O/c1-8(14-11(15)7-13-2)9-5-3-4-6-10(9)12/h3-6,8,13H,7H2,1-2H3,(H,14,15). The quantitative estimate of drug-likeness (QED) is 0.877. The number of carbonyl (C=O) groups excluding carboxylic acids is 1. The molecule has 1 unspecified atom stereocenters. The van der Waals surface area contributed by atoms with Crippen molar-refractivity contribution in [3.05, 3.63) is 34.3 Å². The van der Waals surface area contributed by atoms with Gasteiger partial charge in [-0.05, 0) is 25.6 Å². The van der Waals surface area contributed by atoms with Gasteiger partial charge in [0.05, 0.1) is 12.6 Å². The lowest BCUT2D eigenvalue weighted by atomic mass is 10.1. The Balaban J connectivity index is 2.65. The molecular formula is C11H15BrN2O. The predicted molar refractivity (Wildman–Crippen MR) is 64.6 cm³/mol. The molecule has 0 aliphatic rings. The van der Waals surface area contributed by atoms with Gasteiger partial charge in [0.2, 0.25) is 5.91 Å². The van der Waals surface area contributed by atoms with Crippen LogP contribution in [-0.2, 0) is 4.79 Å². The zero-order valence-corrected chi connectivity index (χ0v) is 10.5. The van der Waals surface area contributed by atoms with Gasteiger partial charge in [-0.1, -0.05) is 34.1 Å². The third-order valence-electron chi connectivity index (χ3n) is 2.09. The molecule has 0 heterocycles. The number of halogens is 1. The minimum atomic E-state index is 0.000697. The molecule has 0 saturated carbocycles. The highest BCUT2D eigenvalue weighted by Crippen LogP contribution is 2.22. The van der Waals surface area contributed by atoms with Crippen molar-refractivity contribution < 1.29 is 4.79 Å². The molecule has 0 aliphatic heterocycles. The number of hydrogen-bond donors (Lipinski definition) is 2. The van der Waals surface area contributed by atoms with Gasteiger partial charge >= 0.3 is 0 Å². The van der Waals surface area contributed by atoms with Gasteiger partial charge in [0.1, 0.15) is 0 Å². The van der Waals surface area contributed by atoms with Gasteiger partial charge < -0.3 is 10.6 Å². The summed E-state index contributed by atoms with van der Waals surface area (Å²) in [5.41, 5.74) is 1.09. The van der Waals surface area contributed by atoms with Crippen molar-refractivity contribution in [1.82, 2.24) is 10.6 Å². The Kier molecular flexibility index (Phi) is 4.78. The first-order valence-electron chi connectivity index (χ1n) is 4.83. The third kappa shape index (κ3) is 3.64. The molecule has 0 fully saturated rings. The minimum Gasteiger partial charge on any atom is -0.348 e. The fourth-order valence-corrected chi connectivity index (χ4v) is 1.99. The van der Waals surface area contributed by atoms with Gasteiger partial charge in [0, 0.05) is 4.47 Å². The molecule has 0 spiro atoms. The van der Waals surface area contributed by atoms with E-state index in [0.29, 0.717) is 6.54 Å². The molecule has 1 aromatic rings. The molecule has 1 amide bonds. The summed E-state index contributed by atoms with van der Waals surface area (Å²) in [7, 11) is 1.75. The van der Waals surface area contributed by atoms with E-state index in [9.17, 15) is 4.79 Å². The van der Waals surface area contributed by atoms with Crippen molar-refractivity contribution in [2.75, 3.05) is 13.6 Å². The number of rotatable bonds is 4. The molecule has 4 heteroatoms. The van der Waals surface area contributed by atoms with E-state index >= 15 is 0 Å². The van der Waals surface area contributed by atoms with Gasteiger partial charge in [-0.25, -0.2) is 0 Å². The molecule has 1 aromatic carbocycles. The van der Waals surface area contributed by atoms with Gasteiger partial charge in [-0.15, -0.1) is 0 Å². The summed E-state index contributed by atoms with van der Waals surface area (Å²) in [4.78, 5) is 11.3. The summed E-state index contributed by atoms with van der Waals surface area (Å²) in [6, 6.07) is 7.89. The van der Waals surface area contributed by atoms with Crippen molar-refractivity contribution in [2.45, 2.75) is 13.0 Å². The van der Waals surface area contributed by atoms with Gasteiger partial charge in [-0.3, -0.25) is 4.79 Å². The lowest BCUT2D eigenvalue weighted by molar-refractivity contribution is -0.120. The molecule has 1 atom stereocenters. The Bertz CT molecular complexity index is 341. The van der Waals surface area contributed by atoms with E-state index in [1.54, 1.807) is 7.05 Å². The van der Waals surface area contributed by atoms with Crippen LogP contribution in [0.2, 0.25) is 0 Å². The molecule has 0 aromatic heterocycles. The first-order valence-corrected chi connectivity index (χ1v) is 5.63. The highest BCUT2D eigenvalue weighted by molar-refractivity contribution is 9.10. The molecule has 2 N–H and O–H groups in total. The summed E-state index contributed by atoms with van der Waals surface area (Å²) in [6.45, 7) is 2.31. The number of amides is 1. The number of benzene rings is 1. The van der Waals surface area contributed by atoms with Crippen molar-refractivity contribution in [1.29, 1.82) is 0 Å². The van der Waals surface area contributed by atoms with E-state index in [1.165, 1.54) is 0 Å². The molecule has 0 aliphatic carbocycles. The predicted octanol–water partition coefficient (Wildman–Crippen LogP) is 1.85. The maximum atomic E-state index is 11.3. The number of carbonyl (C=O) groups is 1. The third-order valence-corrected chi connectivity index (χ3v) is 2.81. The van der Waals surface area contributed by atoms with Crippen LogP contribution in [0, 0.1) is 0 Å². The molecule has 0 bridgehead atoms. The minimum absolute atomic E-state index is 0.000697. The maximum Gasteiger partial charge on any atom is 0.234 e. The van der Waals surface area contributed by atoms with Crippen LogP contribution < -0.4 is 10.6 Å². The Morgan fingerprint density at radius 1 is 1.47 bits per heavy atom. The van der Waals surface area contributed by atoms with Gasteiger partial charge in [-0.2, -0.15) is 0 Å². The van der Waals surface area contributed by atoms with E-state index in [0.717, 1.165) is 10.0 Å². The van der Waals surface area contributed by atoms with Crippen LogP contribution in [0.5, 0.6) is 0 Å². The second-order valence-electron chi connectivity index (χ2n) is 3.34. The van der Waals surface area contributed by atoms with E-state index < -0.39 is 0 Å². The average molecular weight is 271 g/mol. The van der Waals surface area contributed by atoms with E-state index in [2.05, 4.69) is 26.6 Å². The summed E-state index contributed by atoms with van der Waals surface area (Å²) < 4.78 is 1.02. The van der Waals surface area contributed by atoms with Gasteiger partial charge in [0.25, 0.3) is 0 Å². The molecule has 0 saturated heterocycles. The highest BCUT2D eigenvalue weighted by Gasteiger charge is 2.10. The first kappa shape index (κ1) is 12.2.